The van der Waals surface area contributed by atoms with Crippen molar-refractivity contribution in [2.75, 3.05) is 24.3 Å². The molecular formula is C12H13N3OS. The average molecular weight is 247 g/mol. The zero-order valence-electron chi connectivity index (χ0n) is 9.68. The van der Waals surface area contributed by atoms with Crippen LogP contribution in [0.3, 0.4) is 0 Å². The predicted molar refractivity (Wildman–Crippen MR) is 70.8 cm³/mol. The predicted octanol–water partition coefficient (Wildman–Crippen LogP) is 2.46. The van der Waals surface area contributed by atoms with Crippen LogP contribution in [-0.4, -0.2) is 25.0 Å². The number of carbonyl (C=O) groups is 1. The smallest absolute Gasteiger partial charge is 0.265 e. The second kappa shape index (κ2) is 4.97. The maximum atomic E-state index is 11.8. The van der Waals surface area contributed by atoms with E-state index in [2.05, 4.69) is 10.3 Å². The van der Waals surface area contributed by atoms with Crippen molar-refractivity contribution in [1.29, 1.82) is 0 Å². The Morgan fingerprint density at radius 2 is 2.18 bits per heavy atom. The molecule has 0 saturated carbocycles. The van der Waals surface area contributed by atoms with E-state index in [1.54, 1.807) is 12.3 Å². The van der Waals surface area contributed by atoms with Gasteiger partial charge in [0.05, 0.1) is 16.8 Å². The van der Waals surface area contributed by atoms with E-state index in [0.29, 0.717) is 10.6 Å². The van der Waals surface area contributed by atoms with E-state index in [1.165, 1.54) is 11.3 Å². The van der Waals surface area contributed by atoms with Crippen LogP contribution in [-0.2, 0) is 0 Å². The quantitative estimate of drug-likeness (QED) is 0.906. The summed E-state index contributed by atoms with van der Waals surface area (Å²) >= 11 is 1.42. The largest absolute Gasteiger partial charge is 0.363 e. The summed E-state index contributed by atoms with van der Waals surface area (Å²) < 4.78 is 0. The van der Waals surface area contributed by atoms with Crippen molar-refractivity contribution >= 4 is 28.7 Å². The van der Waals surface area contributed by atoms with E-state index < -0.39 is 0 Å². The summed E-state index contributed by atoms with van der Waals surface area (Å²) in [5.41, 5.74) is 0.703. The molecule has 0 saturated heterocycles. The topological polar surface area (TPSA) is 45.2 Å². The lowest BCUT2D eigenvalue weighted by molar-refractivity contribution is 0.103. The molecule has 2 aromatic rings. The molecule has 2 rings (SSSR count). The molecule has 2 heterocycles. The summed E-state index contributed by atoms with van der Waals surface area (Å²) in [5, 5.41) is 4.68. The van der Waals surface area contributed by atoms with E-state index in [0.717, 1.165) is 5.82 Å². The van der Waals surface area contributed by atoms with Gasteiger partial charge in [-0.25, -0.2) is 4.98 Å². The molecule has 1 N–H and O–H groups in total. The zero-order valence-corrected chi connectivity index (χ0v) is 10.5. The van der Waals surface area contributed by atoms with Crippen molar-refractivity contribution in [1.82, 2.24) is 4.98 Å². The Morgan fingerprint density at radius 1 is 1.35 bits per heavy atom. The molecule has 1 amide bonds. The van der Waals surface area contributed by atoms with Gasteiger partial charge in [0.1, 0.15) is 5.82 Å². The number of pyridine rings is 1. The molecule has 0 atom stereocenters. The third kappa shape index (κ3) is 2.82. The van der Waals surface area contributed by atoms with Crippen LogP contribution in [0.5, 0.6) is 0 Å². The average Bonchev–Trinajstić information content (AvgIpc) is 2.83. The summed E-state index contributed by atoms with van der Waals surface area (Å²) in [6.45, 7) is 0. The Labute approximate surface area is 104 Å². The molecule has 0 radical (unpaired) electrons. The number of carbonyl (C=O) groups excluding carboxylic acids is 1. The highest BCUT2D eigenvalue weighted by Gasteiger charge is 2.06. The van der Waals surface area contributed by atoms with Crippen LogP contribution in [0.2, 0.25) is 0 Å². The highest BCUT2D eigenvalue weighted by molar-refractivity contribution is 7.12. The summed E-state index contributed by atoms with van der Waals surface area (Å²) in [6.07, 6.45) is 1.65. The first-order chi connectivity index (χ1) is 8.16. The minimum atomic E-state index is -0.0978. The Kier molecular flexibility index (Phi) is 3.39. The summed E-state index contributed by atoms with van der Waals surface area (Å²) in [5.74, 6) is 0.763. The molecule has 0 aliphatic rings. The molecule has 0 aliphatic carbocycles. The van der Waals surface area contributed by atoms with Gasteiger partial charge in [-0.2, -0.15) is 0 Å². The van der Waals surface area contributed by atoms with Gasteiger partial charge in [0.25, 0.3) is 5.91 Å². The Morgan fingerprint density at radius 3 is 2.71 bits per heavy atom. The van der Waals surface area contributed by atoms with E-state index in [9.17, 15) is 4.79 Å². The summed E-state index contributed by atoms with van der Waals surface area (Å²) in [4.78, 5) is 18.6. The number of nitrogens with one attached hydrogen (secondary N) is 1. The molecule has 0 aromatic carbocycles. The lowest BCUT2D eigenvalue weighted by Crippen LogP contribution is -2.12. The van der Waals surface area contributed by atoms with Gasteiger partial charge in [-0.3, -0.25) is 4.79 Å². The molecule has 0 bridgehead atoms. The van der Waals surface area contributed by atoms with Gasteiger partial charge in [0.2, 0.25) is 0 Å². The first-order valence-corrected chi connectivity index (χ1v) is 6.03. The van der Waals surface area contributed by atoms with Gasteiger partial charge < -0.3 is 10.2 Å². The van der Waals surface area contributed by atoms with Crippen LogP contribution in [0.1, 0.15) is 9.67 Å². The molecule has 17 heavy (non-hydrogen) atoms. The molecular weight excluding hydrogens is 234 g/mol. The summed E-state index contributed by atoms with van der Waals surface area (Å²) in [7, 11) is 3.85. The molecule has 4 nitrogen and oxygen atoms in total. The van der Waals surface area contributed by atoms with Gasteiger partial charge >= 0.3 is 0 Å². The van der Waals surface area contributed by atoms with Crippen LogP contribution >= 0.6 is 11.3 Å². The molecule has 2 aromatic heterocycles. The third-order valence-electron chi connectivity index (χ3n) is 2.21. The Hall–Kier alpha value is -1.88. The van der Waals surface area contributed by atoms with Crippen molar-refractivity contribution in [3.63, 3.8) is 0 Å². The van der Waals surface area contributed by atoms with Crippen LogP contribution in [0.15, 0.2) is 35.8 Å². The maximum absolute atomic E-state index is 11.8. The zero-order chi connectivity index (χ0) is 12.3. The van der Waals surface area contributed by atoms with Gasteiger partial charge in [0.15, 0.2) is 0 Å². The highest BCUT2D eigenvalue weighted by atomic mass is 32.1. The van der Waals surface area contributed by atoms with Crippen molar-refractivity contribution < 1.29 is 4.79 Å². The van der Waals surface area contributed by atoms with Gasteiger partial charge in [-0.1, -0.05) is 6.07 Å². The standard InChI is InChI=1S/C12H13N3OS/c1-15(2)11-6-5-9(8-13-11)14-12(16)10-4-3-7-17-10/h3-8H,1-2H3,(H,14,16). The van der Waals surface area contributed by atoms with Crippen molar-refractivity contribution in [2.24, 2.45) is 0 Å². The fourth-order valence-corrected chi connectivity index (χ4v) is 1.94. The van der Waals surface area contributed by atoms with Gasteiger partial charge in [-0.15, -0.1) is 11.3 Å². The van der Waals surface area contributed by atoms with Gasteiger partial charge in [-0.05, 0) is 23.6 Å². The second-order valence-corrected chi connectivity index (χ2v) is 4.68. The van der Waals surface area contributed by atoms with Crippen LogP contribution < -0.4 is 10.2 Å². The fraction of sp³-hybridized carbons (Fsp3) is 0.167. The van der Waals surface area contributed by atoms with Gasteiger partial charge in [0, 0.05) is 14.1 Å². The van der Waals surface area contributed by atoms with E-state index in [4.69, 9.17) is 0 Å². The minimum Gasteiger partial charge on any atom is -0.363 e. The molecule has 0 fully saturated rings. The third-order valence-corrected chi connectivity index (χ3v) is 3.08. The van der Waals surface area contributed by atoms with Crippen molar-refractivity contribution in [3.8, 4) is 0 Å². The molecule has 88 valence electrons. The van der Waals surface area contributed by atoms with E-state index in [1.807, 2.05) is 42.6 Å². The van der Waals surface area contributed by atoms with Crippen molar-refractivity contribution in [3.05, 3.63) is 40.7 Å². The molecule has 0 unspecified atom stereocenters. The first-order valence-electron chi connectivity index (χ1n) is 5.15. The number of hydrogen-bond acceptors (Lipinski definition) is 4. The lowest BCUT2D eigenvalue weighted by atomic mass is 10.3. The van der Waals surface area contributed by atoms with Crippen LogP contribution in [0.4, 0.5) is 11.5 Å². The number of anilines is 2. The molecule has 5 heteroatoms. The summed E-state index contributed by atoms with van der Waals surface area (Å²) in [6, 6.07) is 7.35. The number of thiophene rings is 1. The lowest BCUT2D eigenvalue weighted by Gasteiger charge is -2.11. The number of aromatic nitrogens is 1. The van der Waals surface area contributed by atoms with E-state index >= 15 is 0 Å². The number of rotatable bonds is 3. The maximum Gasteiger partial charge on any atom is 0.265 e. The second-order valence-electron chi connectivity index (χ2n) is 3.73. The number of hydrogen-bond donors (Lipinski definition) is 1. The van der Waals surface area contributed by atoms with Crippen LogP contribution in [0.25, 0.3) is 0 Å². The monoisotopic (exact) mass is 247 g/mol. The fourth-order valence-electron chi connectivity index (χ4n) is 1.32. The Bertz CT molecular complexity index is 491. The first kappa shape index (κ1) is 11.6. The normalized spacial score (nSPS) is 10.0. The van der Waals surface area contributed by atoms with Crippen molar-refractivity contribution in [2.45, 2.75) is 0 Å². The minimum absolute atomic E-state index is 0.0978. The highest BCUT2D eigenvalue weighted by Crippen LogP contribution is 2.14. The molecule has 0 aliphatic heterocycles. The van der Waals surface area contributed by atoms with Crippen LogP contribution in [0, 0.1) is 0 Å². The molecule has 0 spiro atoms. The number of amides is 1. The Balaban J connectivity index is 2.07. The SMILES string of the molecule is CN(C)c1ccc(NC(=O)c2cccs2)cn1. The number of nitrogens with zero attached hydrogens (tertiary/aromatic N) is 2. The van der Waals surface area contributed by atoms with E-state index in [-0.39, 0.29) is 5.91 Å².